The Balaban J connectivity index is 0.000000610. The fourth-order valence-electron chi connectivity index (χ4n) is 4.22. The van der Waals surface area contributed by atoms with Crippen molar-refractivity contribution in [3.05, 3.63) is 88.2 Å². The molecule has 0 fully saturated rings. The maximum Gasteiger partial charge on any atom is 0.416 e. The number of hydrogen-bond donors (Lipinski definition) is 4. The first-order valence-electron chi connectivity index (χ1n) is 15.2. The summed E-state index contributed by atoms with van der Waals surface area (Å²) in [6, 6.07) is 8.85. The molecule has 0 radical (unpaired) electrons. The van der Waals surface area contributed by atoms with Gasteiger partial charge in [-0.3, -0.25) is 9.59 Å². The summed E-state index contributed by atoms with van der Waals surface area (Å²) in [6.07, 6.45) is -6.28. The van der Waals surface area contributed by atoms with Gasteiger partial charge in [-0.1, -0.05) is 50.6 Å². The standard InChI is InChI=1S/C21H23N5O6S.C10H12F6.C2H6/c1-3-13-8-15(9-17-12(2)10-31-19(13)17)18(21(28)26-33(23,29)30)24-16-6-4-14(5-7-16)20(22)25-32-11-27;1-6(2)4-8(10(14,15)16)5-7(3)9(11,12)13;1-2/h4-11,18,24H,3H2,1-2H3,(H2,22,25)(H,26,28)(H2,23,29,30);4-5,7H,1-3H3;1-2H3/b;8-5+;. The Kier molecular flexibility index (Phi) is 16.4. The first kappa shape index (κ1) is 44.2. The molecule has 11 nitrogen and oxygen atoms in total. The number of rotatable bonds is 11. The second kappa shape index (κ2) is 19.0. The van der Waals surface area contributed by atoms with E-state index in [2.05, 4.69) is 15.3 Å². The number of benzene rings is 2. The molecule has 0 aliphatic carbocycles. The molecule has 6 N–H and O–H groups in total. The molecule has 0 saturated heterocycles. The number of amides is 1. The van der Waals surface area contributed by atoms with Crippen molar-refractivity contribution in [2.75, 3.05) is 5.32 Å². The topological polar surface area (TPSA) is 179 Å². The highest BCUT2D eigenvalue weighted by Crippen LogP contribution is 2.34. The fraction of sp³-hybridized carbons (Fsp3) is 0.364. The zero-order valence-electron chi connectivity index (χ0n) is 28.9. The second-order valence-electron chi connectivity index (χ2n) is 10.8. The number of nitrogens with one attached hydrogen (secondary N) is 2. The highest BCUT2D eigenvalue weighted by molar-refractivity contribution is 7.87. The molecule has 3 rings (SSSR count). The lowest BCUT2D eigenvalue weighted by molar-refractivity contribution is -0.157. The molecule has 282 valence electrons. The van der Waals surface area contributed by atoms with Crippen LogP contribution in [0.4, 0.5) is 32.0 Å². The van der Waals surface area contributed by atoms with Crippen LogP contribution in [0.1, 0.15) is 69.8 Å². The molecule has 51 heavy (non-hydrogen) atoms. The van der Waals surface area contributed by atoms with Crippen LogP contribution in [0, 0.1) is 12.8 Å². The minimum atomic E-state index is -4.77. The van der Waals surface area contributed by atoms with Gasteiger partial charge in [0.1, 0.15) is 11.6 Å². The van der Waals surface area contributed by atoms with E-state index in [1.165, 1.54) is 13.8 Å². The summed E-state index contributed by atoms with van der Waals surface area (Å²) < 4.78 is 104. The van der Waals surface area contributed by atoms with Gasteiger partial charge in [0.2, 0.25) is 0 Å². The van der Waals surface area contributed by atoms with Crippen molar-refractivity contribution in [1.29, 1.82) is 0 Å². The van der Waals surface area contributed by atoms with Gasteiger partial charge in [0, 0.05) is 16.6 Å². The van der Waals surface area contributed by atoms with Gasteiger partial charge in [-0.25, -0.2) is 9.86 Å². The van der Waals surface area contributed by atoms with Gasteiger partial charge in [-0.15, -0.1) is 0 Å². The third kappa shape index (κ3) is 14.1. The van der Waals surface area contributed by atoms with E-state index < -0.39 is 46.0 Å². The summed E-state index contributed by atoms with van der Waals surface area (Å²) in [4.78, 5) is 27.4. The minimum absolute atomic E-state index is 0.0226. The van der Waals surface area contributed by atoms with E-state index >= 15 is 0 Å². The van der Waals surface area contributed by atoms with Crippen LogP contribution >= 0.6 is 0 Å². The summed E-state index contributed by atoms with van der Waals surface area (Å²) in [5.41, 5.74) is 8.67. The third-order valence-electron chi connectivity index (χ3n) is 6.59. The monoisotopic (exact) mass is 749 g/mol. The van der Waals surface area contributed by atoms with Gasteiger partial charge in [-0.05, 0) is 80.3 Å². The number of furan rings is 1. The fourth-order valence-corrected chi connectivity index (χ4v) is 4.62. The average Bonchev–Trinajstić information content (AvgIpc) is 3.41. The van der Waals surface area contributed by atoms with Gasteiger partial charge in [0.05, 0.1) is 17.8 Å². The second-order valence-corrected chi connectivity index (χ2v) is 12.1. The van der Waals surface area contributed by atoms with Crippen molar-refractivity contribution >= 4 is 45.1 Å². The number of halogens is 6. The first-order chi connectivity index (χ1) is 23.6. The largest absolute Gasteiger partial charge is 0.464 e. The molecule has 0 aliphatic rings. The van der Waals surface area contributed by atoms with Crippen molar-refractivity contribution in [3.8, 4) is 0 Å². The van der Waals surface area contributed by atoms with Crippen molar-refractivity contribution in [2.45, 2.75) is 73.3 Å². The van der Waals surface area contributed by atoms with Gasteiger partial charge in [0.15, 0.2) is 5.84 Å². The number of oxime groups is 1. The molecule has 0 saturated carbocycles. The summed E-state index contributed by atoms with van der Waals surface area (Å²) in [5.74, 6) is -3.00. The van der Waals surface area contributed by atoms with Gasteiger partial charge in [0.25, 0.3) is 16.1 Å². The van der Waals surface area contributed by atoms with E-state index in [9.17, 15) is 44.3 Å². The molecular weight excluding hydrogens is 708 g/mol. The smallest absolute Gasteiger partial charge is 0.416 e. The van der Waals surface area contributed by atoms with Crippen molar-refractivity contribution in [3.63, 3.8) is 0 Å². The Morgan fingerprint density at radius 3 is 2.14 bits per heavy atom. The van der Waals surface area contributed by atoms with Gasteiger partial charge >= 0.3 is 18.8 Å². The Hall–Kier alpha value is -4.84. The van der Waals surface area contributed by atoms with Crippen LogP contribution in [0.15, 0.2) is 75.5 Å². The van der Waals surface area contributed by atoms with Crippen molar-refractivity contribution < 1.29 is 53.6 Å². The Bertz CT molecular complexity index is 1830. The maximum atomic E-state index is 12.9. The lowest BCUT2D eigenvalue weighted by atomic mass is 9.98. The van der Waals surface area contributed by atoms with Crippen molar-refractivity contribution in [2.24, 2.45) is 21.9 Å². The number of nitrogens with zero attached hydrogens (tertiary/aromatic N) is 1. The summed E-state index contributed by atoms with van der Waals surface area (Å²) >= 11 is 0. The Morgan fingerprint density at radius 1 is 1.08 bits per heavy atom. The predicted octanol–water partition coefficient (Wildman–Crippen LogP) is 7.24. The predicted molar refractivity (Wildman–Crippen MR) is 182 cm³/mol. The molecule has 0 aliphatic heterocycles. The molecule has 2 unspecified atom stereocenters. The molecule has 0 bridgehead atoms. The number of carbonyl (C=O) groups excluding carboxylic acids is 2. The first-order valence-corrected chi connectivity index (χ1v) is 16.8. The molecule has 18 heteroatoms. The SMILES string of the molecule is CC.CC(C)=C/C(=C\C(C)C(F)(F)F)C(F)(F)F.CCc1cc(C(Nc2ccc(/C(N)=N/OC=O)cc2)C(=O)NS(N)(=O)=O)cc2c(C)coc12. The van der Waals surface area contributed by atoms with Crippen LogP contribution in [0.3, 0.4) is 0 Å². The summed E-state index contributed by atoms with van der Waals surface area (Å²) in [7, 11) is -4.28. The van der Waals surface area contributed by atoms with E-state index in [0.29, 0.717) is 41.8 Å². The number of fused-ring (bicyclic) bond motifs is 1. The molecule has 1 heterocycles. The number of amidine groups is 1. The molecule has 2 aromatic carbocycles. The molecule has 2 atom stereocenters. The van der Waals surface area contributed by atoms with E-state index in [0.717, 1.165) is 16.5 Å². The van der Waals surface area contributed by atoms with E-state index in [4.69, 9.17) is 15.3 Å². The molecule has 0 spiro atoms. The van der Waals surface area contributed by atoms with Crippen LogP contribution in [0.5, 0.6) is 0 Å². The van der Waals surface area contributed by atoms with Crippen LogP contribution in [-0.4, -0.2) is 39.0 Å². The quantitative estimate of drug-likeness (QED) is 0.0301. The van der Waals surface area contributed by atoms with Crippen LogP contribution in [-0.2, 0) is 31.1 Å². The zero-order valence-corrected chi connectivity index (χ0v) is 29.7. The van der Waals surface area contributed by atoms with E-state index in [1.54, 1.807) is 42.7 Å². The lowest BCUT2D eigenvalue weighted by Gasteiger charge is -2.20. The highest BCUT2D eigenvalue weighted by atomic mass is 32.2. The number of anilines is 1. The molecule has 1 aromatic heterocycles. The van der Waals surface area contributed by atoms with Crippen LogP contribution in [0.25, 0.3) is 11.0 Å². The van der Waals surface area contributed by atoms with Gasteiger partial charge in [-0.2, -0.15) is 34.8 Å². The van der Waals surface area contributed by atoms with Crippen LogP contribution in [0.2, 0.25) is 0 Å². The Labute approximate surface area is 291 Å². The zero-order chi connectivity index (χ0) is 39.3. The number of aryl methyl sites for hydroxylation is 2. The van der Waals surface area contributed by atoms with Crippen LogP contribution < -0.4 is 20.9 Å². The third-order valence-corrected chi connectivity index (χ3v) is 7.07. The number of allylic oxidation sites excluding steroid dienone is 4. The minimum Gasteiger partial charge on any atom is -0.464 e. The number of hydrogen-bond acceptors (Lipinski definition) is 8. The van der Waals surface area contributed by atoms with E-state index in [1.807, 2.05) is 32.4 Å². The average molecular weight is 750 g/mol. The molecular formula is C33H41F6N5O6S. The summed E-state index contributed by atoms with van der Waals surface area (Å²) in [6.45, 7) is 11.4. The molecule has 1 amide bonds. The van der Waals surface area contributed by atoms with Gasteiger partial charge < -0.3 is 20.3 Å². The number of carbonyl (C=O) groups is 2. The lowest BCUT2D eigenvalue weighted by Crippen LogP contribution is -2.41. The maximum absolute atomic E-state index is 12.9. The summed E-state index contributed by atoms with van der Waals surface area (Å²) in [5, 5.41) is 12.3. The number of nitrogens with two attached hydrogens (primary N) is 2. The molecule has 3 aromatic rings. The van der Waals surface area contributed by atoms with E-state index in [-0.39, 0.29) is 24.0 Å². The normalized spacial score (nSPS) is 13.5. The Morgan fingerprint density at radius 2 is 1.67 bits per heavy atom. The van der Waals surface area contributed by atoms with Crippen molar-refractivity contribution in [1.82, 2.24) is 4.72 Å². The highest BCUT2D eigenvalue weighted by Gasteiger charge is 2.39. The number of alkyl halides is 6.